The van der Waals surface area contributed by atoms with Crippen molar-refractivity contribution in [2.75, 3.05) is 18.1 Å². The average Bonchev–Trinajstić information content (AvgIpc) is 2.11. The maximum Gasteiger partial charge on any atom is 0.321 e. The highest BCUT2D eigenvalue weighted by molar-refractivity contribution is 7.92. The molecule has 7 heteroatoms. The van der Waals surface area contributed by atoms with Crippen LogP contribution in [0.25, 0.3) is 0 Å². The summed E-state index contributed by atoms with van der Waals surface area (Å²) >= 11 is 0. The third-order valence-electron chi connectivity index (χ3n) is 1.68. The summed E-state index contributed by atoms with van der Waals surface area (Å²) in [5, 5.41) is 0. The van der Waals surface area contributed by atoms with Gasteiger partial charge in [-0.2, -0.15) is 0 Å². The standard InChI is InChI=1S/C11H20O6S/c1-5-16-10(13)8-18(14,15)7-6-9(12)17-11(2,3)4/h5-8H2,1-4H3. The van der Waals surface area contributed by atoms with Crippen LogP contribution >= 0.6 is 0 Å². The molecule has 0 radical (unpaired) electrons. The van der Waals surface area contributed by atoms with Gasteiger partial charge in [-0.1, -0.05) is 0 Å². The van der Waals surface area contributed by atoms with E-state index in [1.54, 1.807) is 27.7 Å². The first-order valence-corrected chi connectivity index (χ1v) is 7.46. The Morgan fingerprint density at radius 3 is 2.11 bits per heavy atom. The van der Waals surface area contributed by atoms with E-state index in [2.05, 4.69) is 4.74 Å². The lowest BCUT2D eigenvalue weighted by Crippen LogP contribution is -2.27. The third kappa shape index (κ3) is 8.98. The monoisotopic (exact) mass is 280 g/mol. The molecular formula is C11H20O6S. The molecule has 0 aromatic carbocycles. The fourth-order valence-electron chi connectivity index (χ4n) is 1.09. The molecular weight excluding hydrogens is 260 g/mol. The van der Waals surface area contributed by atoms with E-state index >= 15 is 0 Å². The number of esters is 2. The molecule has 0 aromatic heterocycles. The van der Waals surface area contributed by atoms with E-state index in [1.165, 1.54) is 0 Å². The lowest BCUT2D eigenvalue weighted by Gasteiger charge is -2.19. The van der Waals surface area contributed by atoms with Crippen molar-refractivity contribution in [3.05, 3.63) is 0 Å². The molecule has 106 valence electrons. The first kappa shape index (κ1) is 16.9. The molecule has 0 unspecified atom stereocenters. The van der Waals surface area contributed by atoms with Crippen LogP contribution in [0.1, 0.15) is 34.1 Å². The van der Waals surface area contributed by atoms with Crippen LogP contribution in [0.3, 0.4) is 0 Å². The van der Waals surface area contributed by atoms with Gasteiger partial charge in [-0.25, -0.2) is 8.42 Å². The molecule has 0 atom stereocenters. The van der Waals surface area contributed by atoms with Crippen LogP contribution < -0.4 is 0 Å². The average molecular weight is 280 g/mol. The Morgan fingerprint density at radius 1 is 1.11 bits per heavy atom. The van der Waals surface area contributed by atoms with Gasteiger partial charge in [0.05, 0.1) is 18.8 Å². The van der Waals surface area contributed by atoms with Crippen LogP contribution in [0.4, 0.5) is 0 Å². The maximum absolute atomic E-state index is 11.5. The summed E-state index contributed by atoms with van der Waals surface area (Å²) in [7, 11) is -3.63. The second-order valence-corrected chi connectivity index (χ2v) is 6.92. The SMILES string of the molecule is CCOC(=O)CS(=O)(=O)CCC(=O)OC(C)(C)C. The van der Waals surface area contributed by atoms with Crippen molar-refractivity contribution in [1.29, 1.82) is 0 Å². The summed E-state index contributed by atoms with van der Waals surface area (Å²) in [6.45, 7) is 6.79. The van der Waals surface area contributed by atoms with Gasteiger partial charge in [-0.15, -0.1) is 0 Å². The minimum absolute atomic E-state index is 0.125. The quantitative estimate of drug-likeness (QED) is 0.665. The number of hydrogen-bond donors (Lipinski definition) is 0. The number of rotatable bonds is 6. The molecule has 0 saturated heterocycles. The van der Waals surface area contributed by atoms with Gasteiger partial charge < -0.3 is 9.47 Å². The first-order valence-electron chi connectivity index (χ1n) is 5.63. The predicted octanol–water partition coefficient (Wildman–Crippen LogP) is 0.696. The van der Waals surface area contributed by atoms with Crippen molar-refractivity contribution < 1.29 is 27.5 Å². The molecule has 18 heavy (non-hydrogen) atoms. The molecule has 0 heterocycles. The van der Waals surface area contributed by atoms with Crippen LogP contribution in [-0.2, 0) is 28.9 Å². The zero-order chi connectivity index (χ0) is 14.4. The normalized spacial score (nSPS) is 12.0. The van der Waals surface area contributed by atoms with Crippen LogP contribution in [0.2, 0.25) is 0 Å². The van der Waals surface area contributed by atoms with Crippen LogP contribution in [0.15, 0.2) is 0 Å². The Labute approximate surface area is 108 Å². The first-order chi connectivity index (χ1) is 8.06. The molecule has 0 rings (SSSR count). The smallest absolute Gasteiger partial charge is 0.321 e. The van der Waals surface area contributed by atoms with Crippen LogP contribution in [0, 0.1) is 0 Å². The Balaban J connectivity index is 4.20. The van der Waals surface area contributed by atoms with Crippen molar-refractivity contribution in [2.45, 2.75) is 39.7 Å². The molecule has 0 aliphatic rings. The molecule has 0 amide bonds. The molecule has 0 bridgehead atoms. The zero-order valence-electron chi connectivity index (χ0n) is 11.2. The Kier molecular flexibility index (Phi) is 6.31. The summed E-state index contributed by atoms with van der Waals surface area (Å²) in [4.78, 5) is 22.3. The molecule has 0 aliphatic carbocycles. The van der Waals surface area contributed by atoms with Crippen molar-refractivity contribution in [3.8, 4) is 0 Å². The van der Waals surface area contributed by atoms with E-state index < -0.39 is 38.9 Å². The number of carbonyl (C=O) groups is 2. The van der Waals surface area contributed by atoms with E-state index in [-0.39, 0.29) is 13.0 Å². The summed E-state index contributed by atoms with van der Waals surface area (Å²) in [6, 6.07) is 0. The summed E-state index contributed by atoms with van der Waals surface area (Å²) in [5.74, 6) is -2.53. The van der Waals surface area contributed by atoms with Crippen LogP contribution in [-0.4, -0.2) is 44.1 Å². The topological polar surface area (TPSA) is 86.7 Å². The van der Waals surface area contributed by atoms with E-state index in [0.29, 0.717) is 0 Å². The molecule has 6 nitrogen and oxygen atoms in total. The number of ether oxygens (including phenoxy) is 2. The van der Waals surface area contributed by atoms with Gasteiger partial charge in [0.2, 0.25) is 0 Å². The van der Waals surface area contributed by atoms with Crippen molar-refractivity contribution in [1.82, 2.24) is 0 Å². The number of sulfone groups is 1. The lowest BCUT2D eigenvalue weighted by molar-refractivity contribution is -0.154. The van der Waals surface area contributed by atoms with E-state index in [1.807, 2.05) is 0 Å². The second kappa shape index (κ2) is 6.72. The van der Waals surface area contributed by atoms with E-state index in [9.17, 15) is 18.0 Å². The van der Waals surface area contributed by atoms with Crippen molar-refractivity contribution >= 4 is 21.8 Å². The van der Waals surface area contributed by atoms with E-state index in [4.69, 9.17) is 4.74 Å². The maximum atomic E-state index is 11.5. The Hall–Kier alpha value is -1.11. The molecule has 0 fully saturated rings. The van der Waals surface area contributed by atoms with Gasteiger partial charge in [0.15, 0.2) is 9.84 Å². The summed E-state index contributed by atoms with van der Waals surface area (Å²) in [6.07, 6.45) is -0.265. The summed E-state index contributed by atoms with van der Waals surface area (Å²) in [5.41, 5.74) is -0.651. The fourth-order valence-corrected chi connectivity index (χ4v) is 2.15. The number of carbonyl (C=O) groups excluding carboxylic acids is 2. The molecule has 0 N–H and O–H groups in total. The fraction of sp³-hybridized carbons (Fsp3) is 0.818. The minimum Gasteiger partial charge on any atom is -0.465 e. The number of hydrogen-bond acceptors (Lipinski definition) is 6. The van der Waals surface area contributed by atoms with Gasteiger partial charge in [0.25, 0.3) is 0 Å². The van der Waals surface area contributed by atoms with Gasteiger partial charge >= 0.3 is 11.9 Å². The van der Waals surface area contributed by atoms with Gasteiger partial charge in [0.1, 0.15) is 11.4 Å². The molecule has 0 aromatic rings. The lowest BCUT2D eigenvalue weighted by atomic mass is 10.2. The summed E-state index contributed by atoms with van der Waals surface area (Å²) < 4.78 is 32.5. The highest BCUT2D eigenvalue weighted by Gasteiger charge is 2.22. The van der Waals surface area contributed by atoms with Gasteiger partial charge in [-0.3, -0.25) is 9.59 Å². The minimum atomic E-state index is -3.63. The highest BCUT2D eigenvalue weighted by atomic mass is 32.2. The van der Waals surface area contributed by atoms with Crippen molar-refractivity contribution in [3.63, 3.8) is 0 Å². The predicted molar refractivity (Wildman–Crippen MR) is 65.7 cm³/mol. The molecule has 0 spiro atoms. The van der Waals surface area contributed by atoms with Gasteiger partial charge in [0, 0.05) is 0 Å². The Bertz CT molecular complexity index is 390. The molecule has 0 aliphatic heterocycles. The Morgan fingerprint density at radius 2 is 1.67 bits per heavy atom. The van der Waals surface area contributed by atoms with E-state index in [0.717, 1.165) is 0 Å². The third-order valence-corrected chi connectivity index (χ3v) is 3.18. The van der Waals surface area contributed by atoms with Crippen molar-refractivity contribution in [2.24, 2.45) is 0 Å². The largest absolute Gasteiger partial charge is 0.465 e. The highest BCUT2D eigenvalue weighted by Crippen LogP contribution is 2.09. The van der Waals surface area contributed by atoms with Crippen LogP contribution in [0.5, 0.6) is 0 Å². The molecule has 0 saturated carbocycles. The zero-order valence-corrected chi connectivity index (χ0v) is 12.0. The second-order valence-electron chi connectivity index (χ2n) is 4.73. The van der Waals surface area contributed by atoms with Gasteiger partial charge in [-0.05, 0) is 27.7 Å².